The highest BCUT2D eigenvalue weighted by Gasteiger charge is 2.13. The molecule has 0 atom stereocenters. The summed E-state index contributed by atoms with van der Waals surface area (Å²) in [6.45, 7) is 7.25. The van der Waals surface area contributed by atoms with Crippen molar-refractivity contribution in [1.29, 1.82) is 0 Å². The van der Waals surface area contributed by atoms with Gasteiger partial charge in [0.25, 0.3) is 5.91 Å². The number of para-hydroxylation sites is 1. The lowest BCUT2D eigenvalue weighted by atomic mass is 10.2. The highest BCUT2D eigenvalue weighted by Crippen LogP contribution is 2.28. The number of benzene rings is 1. The second-order valence-electron chi connectivity index (χ2n) is 6.22. The van der Waals surface area contributed by atoms with Crippen LogP contribution in [0.1, 0.15) is 40.1 Å². The Kier molecular flexibility index (Phi) is 5.86. The molecule has 27 heavy (non-hydrogen) atoms. The van der Waals surface area contributed by atoms with Crippen molar-refractivity contribution in [1.82, 2.24) is 15.1 Å². The van der Waals surface area contributed by atoms with Gasteiger partial charge in [0, 0.05) is 24.8 Å². The fourth-order valence-corrected chi connectivity index (χ4v) is 2.95. The fraction of sp³-hybridized carbons (Fsp3) is 0.300. The Morgan fingerprint density at radius 3 is 2.81 bits per heavy atom. The molecule has 7 heteroatoms. The predicted octanol–water partition coefficient (Wildman–Crippen LogP) is 4.28. The van der Waals surface area contributed by atoms with E-state index in [9.17, 15) is 4.79 Å². The van der Waals surface area contributed by atoms with Crippen molar-refractivity contribution in [2.24, 2.45) is 0 Å². The van der Waals surface area contributed by atoms with Crippen LogP contribution in [0.5, 0.6) is 5.75 Å². The molecule has 0 unspecified atom stereocenters. The minimum absolute atomic E-state index is 0.195. The van der Waals surface area contributed by atoms with E-state index in [0.29, 0.717) is 23.1 Å². The van der Waals surface area contributed by atoms with Crippen LogP contribution in [0.15, 0.2) is 40.9 Å². The molecule has 142 valence electrons. The Morgan fingerprint density at radius 2 is 2.11 bits per heavy atom. The van der Waals surface area contributed by atoms with Gasteiger partial charge in [-0.15, -0.1) is 0 Å². The number of carbonyl (C=O) groups is 1. The Hall–Kier alpha value is -2.73. The van der Waals surface area contributed by atoms with Gasteiger partial charge in [-0.2, -0.15) is 5.10 Å². The highest BCUT2D eigenvalue weighted by atomic mass is 35.5. The lowest BCUT2D eigenvalue weighted by molar-refractivity contribution is 0.0919. The first-order chi connectivity index (χ1) is 13.0. The van der Waals surface area contributed by atoms with Gasteiger partial charge in [-0.1, -0.05) is 23.7 Å². The van der Waals surface area contributed by atoms with Crippen LogP contribution in [0, 0.1) is 13.8 Å². The lowest BCUT2D eigenvalue weighted by Crippen LogP contribution is -2.22. The molecular weight excluding hydrogens is 366 g/mol. The summed E-state index contributed by atoms with van der Waals surface area (Å²) in [6, 6.07) is 8.92. The molecule has 1 aromatic carbocycles. The predicted molar refractivity (Wildman–Crippen MR) is 103 cm³/mol. The number of nitrogens with one attached hydrogen (secondary N) is 1. The maximum atomic E-state index is 12.3. The van der Waals surface area contributed by atoms with Gasteiger partial charge in [0.1, 0.15) is 18.1 Å². The summed E-state index contributed by atoms with van der Waals surface area (Å²) >= 11 is 6.15. The summed E-state index contributed by atoms with van der Waals surface area (Å²) in [7, 11) is 0. The number of halogens is 1. The van der Waals surface area contributed by atoms with Gasteiger partial charge >= 0.3 is 0 Å². The third-order valence-corrected chi connectivity index (χ3v) is 4.52. The van der Waals surface area contributed by atoms with Crippen LogP contribution in [0.4, 0.5) is 0 Å². The van der Waals surface area contributed by atoms with Crippen molar-refractivity contribution in [3.05, 3.63) is 69.9 Å². The van der Waals surface area contributed by atoms with Crippen LogP contribution in [0.2, 0.25) is 5.02 Å². The normalized spacial score (nSPS) is 10.8. The minimum Gasteiger partial charge on any atom is -0.484 e. The molecule has 0 saturated carbocycles. The average molecular weight is 388 g/mol. The molecule has 2 aromatic heterocycles. The van der Waals surface area contributed by atoms with Crippen LogP contribution in [0.25, 0.3) is 0 Å². The van der Waals surface area contributed by atoms with E-state index in [1.807, 2.05) is 43.8 Å². The quantitative estimate of drug-likeness (QED) is 0.657. The van der Waals surface area contributed by atoms with Crippen LogP contribution in [-0.2, 0) is 19.7 Å². The topological polar surface area (TPSA) is 69.3 Å². The fourth-order valence-electron chi connectivity index (χ4n) is 2.68. The lowest BCUT2D eigenvalue weighted by Gasteiger charge is -2.09. The van der Waals surface area contributed by atoms with Crippen molar-refractivity contribution >= 4 is 17.5 Å². The summed E-state index contributed by atoms with van der Waals surface area (Å²) in [5.41, 5.74) is 2.82. The van der Waals surface area contributed by atoms with Crippen molar-refractivity contribution in [2.75, 3.05) is 0 Å². The van der Waals surface area contributed by atoms with Gasteiger partial charge in [-0.25, -0.2) is 0 Å². The van der Waals surface area contributed by atoms with E-state index in [1.54, 1.807) is 18.2 Å². The number of rotatable bonds is 7. The Balaban J connectivity index is 1.58. The second-order valence-corrected chi connectivity index (χ2v) is 6.63. The molecule has 1 N–H and O–H groups in total. The Labute approximate surface area is 163 Å². The maximum Gasteiger partial charge on any atom is 0.287 e. The molecule has 0 spiro atoms. The number of ether oxygens (including phenoxy) is 1. The van der Waals surface area contributed by atoms with Gasteiger partial charge in [0.15, 0.2) is 5.76 Å². The second kappa shape index (κ2) is 8.31. The van der Waals surface area contributed by atoms with Crippen molar-refractivity contribution in [2.45, 2.75) is 40.5 Å². The van der Waals surface area contributed by atoms with Crippen molar-refractivity contribution in [3.8, 4) is 5.75 Å². The van der Waals surface area contributed by atoms with Gasteiger partial charge < -0.3 is 14.5 Å². The number of aryl methyl sites for hydroxylation is 3. The van der Waals surface area contributed by atoms with E-state index < -0.39 is 0 Å². The zero-order chi connectivity index (χ0) is 19.4. The van der Waals surface area contributed by atoms with E-state index in [4.69, 9.17) is 20.8 Å². The molecule has 0 aliphatic carbocycles. The molecule has 0 saturated heterocycles. The van der Waals surface area contributed by atoms with Crippen LogP contribution >= 0.6 is 11.6 Å². The molecule has 3 aromatic rings. The smallest absolute Gasteiger partial charge is 0.287 e. The van der Waals surface area contributed by atoms with E-state index >= 15 is 0 Å². The first-order valence-electron chi connectivity index (χ1n) is 8.75. The van der Waals surface area contributed by atoms with Crippen molar-refractivity contribution < 1.29 is 13.9 Å². The monoisotopic (exact) mass is 387 g/mol. The molecule has 0 radical (unpaired) electrons. The SMILES string of the molecule is CCn1cc(CNC(=O)c2ccc(COc3c(C)cccc3Cl)o2)c(C)n1. The molecule has 0 aliphatic heterocycles. The number of hydrogen-bond acceptors (Lipinski definition) is 4. The number of carbonyl (C=O) groups excluding carboxylic acids is 1. The van der Waals surface area contributed by atoms with Crippen molar-refractivity contribution in [3.63, 3.8) is 0 Å². The standard InChI is InChI=1S/C20H22ClN3O3/c1-4-24-11-15(14(3)23-24)10-22-20(25)18-9-8-16(27-18)12-26-19-13(2)6-5-7-17(19)21/h5-9,11H,4,10,12H2,1-3H3,(H,22,25). The number of aromatic nitrogens is 2. The third-order valence-electron chi connectivity index (χ3n) is 4.22. The van der Waals surface area contributed by atoms with E-state index in [-0.39, 0.29) is 18.3 Å². The van der Waals surface area contributed by atoms with Crippen LogP contribution in [-0.4, -0.2) is 15.7 Å². The first-order valence-corrected chi connectivity index (χ1v) is 9.13. The molecule has 2 heterocycles. The summed E-state index contributed by atoms with van der Waals surface area (Å²) in [5, 5.41) is 7.76. The Bertz CT molecular complexity index is 926. The summed E-state index contributed by atoms with van der Waals surface area (Å²) in [6.07, 6.45) is 1.93. The maximum absolute atomic E-state index is 12.3. The molecule has 0 fully saturated rings. The van der Waals surface area contributed by atoms with Gasteiger partial charge in [-0.3, -0.25) is 9.48 Å². The summed E-state index contributed by atoms with van der Waals surface area (Å²) in [5.74, 6) is 1.13. The van der Waals surface area contributed by atoms with E-state index in [1.165, 1.54) is 0 Å². The minimum atomic E-state index is -0.279. The zero-order valence-corrected chi connectivity index (χ0v) is 16.3. The number of hydrogen-bond donors (Lipinski definition) is 1. The number of furan rings is 1. The molecule has 1 amide bonds. The average Bonchev–Trinajstić information content (AvgIpc) is 3.26. The number of amides is 1. The van der Waals surface area contributed by atoms with Crippen LogP contribution in [0.3, 0.4) is 0 Å². The first kappa shape index (κ1) is 19.0. The van der Waals surface area contributed by atoms with E-state index in [2.05, 4.69) is 10.4 Å². The van der Waals surface area contributed by atoms with E-state index in [0.717, 1.165) is 23.4 Å². The molecular formula is C20H22ClN3O3. The molecule has 3 rings (SSSR count). The van der Waals surface area contributed by atoms with Gasteiger partial charge in [-0.05, 0) is 44.5 Å². The third kappa shape index (κ3) is 4.52. The summed E-state index contributed by atoms with van der Waals surface area (Å²) in [4.78, 5) is 12.3. The molecule has 6 nitrogen and oxygen atoms in total. The summed E-state index contributed by atoms with van der Waals surface area (Å²) < 4.78 is 13.2. The number of nitrogens with zero attached hydrogens (tertiary/aromatic N) is 2. The zero-order valence-electron chi connectivity index (χ0n) is 15.6. The molecule has 0 aliphatic rings. The van der Waals surface area contributed by atoms with Gasteiger partial charge in [0.2, 0.25) is 0 Å². The Morgan fingerprint density at radius 1 is 1.30 bits per heavy atom. The van der Waals surface area contributed by atoms with Gasteiger partial charge in [0.05, 0.1) is 10.7 Å². The highest BCUT2D eigenvalue weighted by molar-refractivity contribution is 6.32. The molecule has 0 bridgehead atoms. The van der Waals surface area contributed by atoms with Crippen LogP contribution < -0.4 is 10.1 Å². The largest absolute Gasteiger partial charge is 0.484 e.